The van der Waals surface area contributed by atoms with Gasteiger partial charge in [0.25, 0.3) is 5.91 Å². The van der Waals surface area contributed by atoms with Gasteiger partial charge in [0.2, 0.25) is 0 Å². The summed E-state index contributed by atoms with van der Waals surface area (Å²) in [5.41, 5.74) is 3.20. The lowest BCUT2D eigenvalue weighted by atomic mass is 10.0. The smallest absolute Gasteiger partial charge is 0.259 e. The Hall–Kier alpha value is -4.52. The van der Waals surface area contributed by atoms with Crippen LogP contribution in [0, 0.1) is 6.92 Å². The Balaban J connectivity index is 1.56. The van der Waals surface area contributed by atoms with Crippen molar-refractivity contribution in [2.75, 3.05) is 5.32 Å². The van der Waals surface area contributed by atoms with Crippen LogP contribution in [0.25, 0.3) is 22.3 Å². The summed E-state index contributed by atoms with van der Waals surface area (Å²) < 4.78 is 7.86. The summed E-state index contributed by atoms with van der Waals surface area (Å²) in [6.45, 7) is 2.19. The van der Waals surface area contributed by atoms with Crippen molar-refractivity contribution < 1.29 is 9.21 Å². The number of benzene rings is 3. The lowest BCUT2D eigenvalue weighted by molar-refractivity contribution is 0.102. The number of fused-ring (bicyclic) bond motifs is 1. The summed E-state index contributed by atoms with van der Waals surface area (Å²) in [5.74, 6) is 0.0950. The molecule has 0 bridgehead atoms. The highest BCUT2D eigenvalue weighted by molar-refractivity contribution is 6.11. The molecule has 0 aliphatic heterocycles. The van der Waals surface area contributed by atoms with Crippen molar-refractivity contribution >= 4 is 22.6 Å². The number of hydrogen-bond donors (Lipinski definition) is 1. The Bertz CT molecular complexity index is 1510. The molecular weight excluding hydrogens is 416 g/mol. The number of carbonyl (C=O) groups excluding carboxylic acids is 1. The van der Waals surface area contributed by atoms with Gasteiger partial charge in [0.15, 0.2) is 11.0 Å². The van der Waals surface area contributed by atoms with E-state index in [1.807, 2.05) is 54.6 Å². The van der Waals surface area contributed by atoms with Crippen molar-refractivity contribution in [1.29, 1.82) is 0 Å². The van der Waals surface area contributed by atoms with E-state index in [1.54, 1.807) is 36.1 Å². The number of hydrogen-bond acceptors (Lipinski definition) is 5. The minimum absolute atomic E-state index is 0.156. The van der Waals surface area contributed by atoms with Crippen LogP contribution < -0.4 is 10.7 Å². The fourth-order valence-corrected chi connectivity index (χ4v) is 3.81. The predicted octanol–water partition coefficient (Wildman–Crippen LogP) is 4.66. The third-order valence-corrected chi connectivity index (χ3v) is 5.49. The van der Waals surface area contributed by atoms with Gasteiger partial charge in [-0.05, 0) is 30.7 Å². The van der Waals surface area contributed by atoms with Crippen LogP contribution in [-0.4, -0.2) is 20.7 Å². The van der Waals surface area contributed by atoms with Gasteiger partial charge < -0.3 is 9.73 Å². The third-order valence-electron chi connectivity index (χ3n) is 5.49. The maximum Gasteiger partial charge on any atom is 0.259 e. The first kappa shape index (κ1) is 20.4. The number of aromatic nitrogens is 3. The lowest BCUT2D eigenvalue weighted by Gasteiger charge is -2.13. The van der Waals surface area contributed by atoms with Crippen LogP contribution in [0.1, 0.15) is 21.5 Å². The molecule has 0 spiro atoms. The zero-order valence-corrected chi connectivity index (χ0v) is 17.9. The Morgan fingerprint density at radius 2 is 1.79 bits per heavy atom. The molecule has 7 nitrogen and oxygen atoms in total. The topological polar surface area (TPSA) is 90.0 Å². The van der Waals surface area contributed by atoms with Crippen LogP contribution in [0.3, 0.4) is 0 Å². The van der Waals surface area contributed by atoms with E-state index in [2.05, 4.69) is 15.4 Å². The van der Waals surface area contributed by atoms with Gasteiger partial charge >= 0.3 is 0 Å². The number of carbonyl (C=O) groups is 1. The van der Waals surface area contributed by atoms with Crippen molar-refractivity contribution in [1.82, 2.24) is 14.8 Å². The van der Waals surface area contributed by atoms with Gasteiger partial charge in [0, 0.05) is 16.8 Å². The van der Waals surface area contributed by atoms with Crippen LogP contribution in [-0.2, 0) is 6.54 Å². The van der Waals surface area contributed by atoms with Crippen molar-refractivity contribution in [3.63, 3.8) is 0 Å². The van der Waals surface area contributed by atoms with Crippen LogP contribution in [0.4, 0.5) is 5.69 Å². The molecular formula is C26H20N4O3. The molecule has 3 aromatic carbocycles. The second kappa shape index (κ2) is 8.55. The number of para-hydroxylation sites is 2. The first-order valence-electron chi connectivity index (χ1n) is 10.5. The quantitative estimate of drug-likeness (QED) is 0.433. The molecule has 2 aromatic heterocycles. The second-order valence-corrected chi connectivity index (χ2v) is 7.64. The minimum Gasteiger partial charge on any atom is -0.455 e. The standard InChI is InChI=1S/C26H20N4O3/c1-17-23(31)20-11-7-12-21(25(20)33-24(17)18-8-3-2-4-9-18)26(32)29-22-13-6-5-10-19(22)14-30-16-27-15-28-30/h2-13,15-16H,14H2,1H3,(H,29,32). The first-order chi connectivity index (χ1) is 16.1. The van der Waals surface area contributed by atoms with E-state index < -0.39 is 0 Å². The van der Waals surface area contributed by atoms with Crippen molar-refractivity contribution in [3.05, 3.63) is 112 Å². The predicted molar refractivity (Wildman–Crippen MR) is 126 cm³/mol. The Labute approximate surface area is 189 Å². The van der Waals surface area contributed by atoms with Crippen molar-refractivity contribution in [2.45, 2.75) is 13.5 Å². The molecule has 33 heavy (non-hydrogen) atoms. The van der Waals surface area contributed by atoms with E-state index in [-0.39, 0.29) is 22.5 Å². The maximum absolute atomic E-state index is 13.3. The normalized spacial score (nSPS) is 10.9. The van der Waals surface area contributed by atoms with E-state index in [0.717, 1.165) is 11.1 Å². The summed E-state index contributed by atoms with van der Waals surface area (Å²) >= 11 is 0. The third kappa shape index (κ3) is 3.92. The van der Waals surface area contributed by atoms with Crippen LogP contribution >= 0.6 is 0 Å². The molecule has 5 rings (SSSR count). The average molecular weight is 436 g/mol. The molecule has 2 heterocycles. The van der Waals surface area contributed by atoms with Gasteiger partial charge in [0.1, 0.15) is 18.4 Å². The largest absolute Gasteiger partial charge is 0.455 e. The van der Waals surface area contributed by atoms with E-state index in [9.17, 15) is 9.59 Å². The monoisotopic (exact) mass is 436 g/mol. The molecule has 7 heteroatoms. The first-order valence-corrected chi connectivity index (χ1v) is 10.5. The van der Waals surface area contributed by atoms with Gasteiger partial charge in [-0.2, -0.15) is 5.10 Å². The fourth-order valence-electron chi connectivity index (χ4n) is 3.81. The SMILES string of the molecule is Cc1c(-c2ccccc2)oc2c(C(=O)Nc3ccccc3Cn3cncn3)cccc2c1=O. The van der Waals surface area contributed by atoms with Gasteiger partial charge in [-0.1, -0.05) is 54.6 Å². The Kier molecular flexibility index (Phi) is 5.28. The highest BCUT2D eigenvalue weighted by Gasteiger charge is 2.19. The summed E-state index contributed by atoms with van der Waals surface area (Å²) in [4.78, 5) is 30.4. The van der Waals surface area contributed by atoms with Crippen molar-refractivity contribution in [3.8, 4) is 11.3 Å². The second-order valence-electron chi connectivity index (χ2n) is 7.64. The minimum atomic E-state index is -0.363. The molecule has 0 aliphatic rings. The number of rotatable bonds is 5. The molecule has 0 unspecified atom stereocenters. The van der Waals surface area contributed by atoms with Gasteiger partial charge in [0.05, 0.1) is 17.5 Å². The van der Waals surface area contributed by atoms with Crippen LogP contribution in [0.5, 0.6) is 0 Å². The molecule has 0 radical (unpaired) electrons. The Morgan fingerprint density at radius 1 is 1.00 bits per heavy atom. The lowest BCUT2D eigenvalue weighted by Crippen LogP contribution is -2.16. The van der Waals surface area contributed by atoms with E-state index in [4.69, 9.17) is 4.42 Å². The molecule has 162 valence electrons. The molecule has 1 amide bonds. The highest BCUT2D eigenvalue weighted by Crippen LogP contribution is 2.28. The van der Waals surface area contributed by atoms with E-state index in [0.29, 0.717) is 28.9 Å². The average Bonchev–Trinajstić information content (AvgIpc) is 3.36. The zero-order chi connectivity index (χ0) is 22.8. The number of nitrogens with zero attached hydrogens (tertiary/aromatic N) is 3. The van der Waals surface area contributed by atoms with E-state index >= 15 is 0 Å². The van der Waals surface area contributed by atoms with Crippen molar-refractivity contribution in [2.24, 2.45) is 0 Å². The molecule has 0 saturated heterocycles. The van der Waals surface area contributed by atoms with Gasteiger partial charge in [-0.3, -0.25) is 9.59 Å². The van der Waals surface area contributed by atoms with E-state index in [1.165, 1.54) is 6.33 Å². The number of nitrogens with one attached hydrogen (secondary N) is 1. The van der Waals surface area contributed by atoms with Gasteiger partial charge in [-0.25, -0.2) is 9.67 Å². The summed E-state index contributed by atoms with van der Waals surface area (Å²) in [6.07, 6.45) is 3.08. The molecule has 0 aliphatic carbocycles. The molecule has 0 saturated carbocycles. The molecule has 5 aromatic rings. The number of amides is 1. The maximum atomic E-state index is 13.3. The fraction of sp³-hybridized carbons (Fsp3) is 0.0769. The summed E-state index contributed by atoms with van der Waals surface area (Å²) in [7, 11) is 0. The molecule has 0 fully saturated rings. The highest BCUT2D eigenvalue weighted by atomic mass is 16.3. The number of anilines is 1. The summed E-state index contributed by atoms with van der Waals surface area (Å²) in [6, 6.07) is 21.9. The molecule has 0 atom stereocenters. The Morgan fingerprint density at radius 3 is 2.58 bits per heavy atom. The zero-order valence-electron chi connectivity index (χ0n) is 17.9. The van der Waals surface area contributed by atoms with Crippen LogP contribution in [0.2, 0.25) is 0 Å². The molecule has 1 N–H and O–H groups in total. The van der Waals surface area contributed by atoms with Crippen LogP contribution in [0.15, 0.2) is 94.7 Å². The summed E-state index contributed by atoms with van der Waals surface area (Å²) in [5, 5.41) is 7.46. The van der Waals surface area contributed by atoms with Gasteiger partial charge in [-0.15, -0.1) is 0 Å².